The van der Waals surface area contributed by atoms with Crippen LogP contribution in [0.15, 0.2) is 30.5 Å². The molecule has 0 unspecified atom stereocenters. The summed E-state index contributed by atoms with van der Waals surface area (Å²) in [5.74, 6) is 0.232. The zero-order chi connectivity index (χ0) is 24.2. The Morgan fingerprint density at radius 3 is 2.74 bits per heavy atom. The molecule has 1 N–H and O–H groups in total. The molecule has 2 amide bonds. The van der Waals surface area contributed by atoms with Crippen molar-refractivity contribution in [3.8, 4) is 16.9 Å². The van der Waals surface area contributed by atoms with Crippen LogP contribution in [0.1, 0.15) is 36.7 Å². The van der Waals surface area contributed by atoms with Gasteiger partial charge >= 0.3 is 6.09 Å². The molecule has 3 aromatic rings. The number of nitrogens with zero attached hydrogens (tertiary/aromatic N) is 3. The first-order chi connectivity index (χ1) is 16.1. The van der Waals surface area contributed by atoms with Crippen molar-refractivity contribution in [2.45, 2.75) is 39.3 Å². The number of carbonyl (C=O) groups is 2. The highest BCUT2D eigenvalue weighted by atomic mass is 35.5. The van der Waals surface area contributed by atoms with Gasteiger partial charge < -0.3 is 19.3 Å². The fraction of sp³-hybridized carbons (Fsp3) is 0.400. The van der Waals surface area contributed by atoms with Gasteiger partial charge in [0.05, 0.1) is 28.3 Å². The van der Waals surface area contributed by atoms with Gasteiger partial charge in [-0.15, -0.1) is 0 Å². The van der Waals surface area contributed by atoms with Crippen molar-refractivity contribution in [3.05, 3.63) is 46.6 Å². The molecular weight excluding hydrogens is 456 g/mol. The van der Waals surface area contributed by atoms with E-state index in [1.165, 1.54) is 0 Å². The van der Waals surface area contributed by atoms with Gasteiger partial charge in [-0.05, 0) is 51.0 Å². The number of ether oxygens (including phenoxy) is 2. The van der Waals surface area contributed by atoms with E-state index in [4.69, 9.17) is 21.1 Å². The Labute approximate surface area is 202 Å². The normalized spacial score (nSPS) is 18.3. The summed E-state index contributed by atoms with van der Waals surface area (Å²) in [6, 6.07) is 7.34. The molecule has 178 valence electrons. The molecule has 1 saturated heterocycles. The maximum atomic E-state index is 13.5. The minimum Gasteiger partial charge on any atom is -0.489 e. The van der Waals surface area contributed by atoms with Crippen molar-refractivity contribution in [2.24, 2.45) is 0 Å². The molecule has 0 aliphatic carbocycles. The SMILES string of the molecule is Cc1ccc2[nH]ncc2c1-c1ccc2c(c1Cl)OC[C@@H]1CN(C(=O)OC(C)(C)C)CCN1C2=O. The molecule has 2 aliphatic heterocycles. The van der Waals surface area contributed by atoms with E-state index < -0.39 is 5.60 Å². The molecule has 1 aromatic heterocycles. The molecule has 0 spiro atoms. The van der Waals surface area contributed by atoms with Gasteiger partial charge in [0.25, 0.3) is 5.91 Å². The van der Waals surface area contributed by atoms with Crippen LogP contribution in [0.2, 0.25) is 5.02 Å². The molecule has 0 bridgehead atoms. The molecule has 9 heteroatoms. The number of hydrogen-bond donors (Lipinski definition) is 1. The van der Waals surface area contributed by atoms with Crippen LogP contribution in [-0.2, 0) is 4.74 Å². The van der Waals surface area contributed by atoms with Crippen molar-refractivity contribution in [1.29, 1.82) is 0 Å². The fourth-order valence-electron chi connectivity index (χ4n) is 4.63. The number of hydrogen-bond acceptors (Lipinski definition) is 5. The first kappa shape index (κ1) is 22.5. The van der Waals surface area contributed by atoms with Gasteiger partial charge in [0.2, 0.25) is 0 Å². The van der Waals surface area contributed by atoms with Gasteiger partial charge in [-0.1, -0.05) is 23.7 Å². The van der Waals surface area contributed by atoms with E-state index in [-0.39, 0.29) is 24.6 Å². The Morgan fingerprint density at radius 1 is 1.21 bits per heavy atom. The Morgan fingerprint density at radius 2 is 1.97 bits per heavy atom. The maximum Gasteiger partial charge on any atom is 0.410 e. The monoisotopic (exact) mass is 482 g/mol. The van der Waals surface area contributed by atoms with Crippen molar-refractivity contribution in [3.63, 3.8) is 0 Å². The van der Waals surface area contributed by atoms with Gasteiger partial charge in [0.1, 0.15) is 12.2 Å². The number of halogens is 1. The Balaban J connectivity index is 1.47. The molecule has 34 heavy (non-hydrogen) atoms. The number of carbonyl (C=O) groups excluding carboxylic acids is 2. The minimum atomic E-state index is -0.583. The topological polar surface area (TPSA) is 87.8 Å². The number of H-pyrrole nitrogens is 1. The number of rotatable bonds is 1. The molecule has 2 aromatic carbocycles. The first-order valence-corrected chi connectivity index (χ1v) is 11.7. The average Bonchev–Trinajstić information content (AvgIpc) is 3.20. The molecule has 1 atom stereocenters. The van der Waals surface area contributed by atoms with Crippen LogP contribution in [0.3, 0.4) is 0 Å². The maximum absolute atomic E-state index is 13.5. The van der Waals surface area contributed by atoms with E-state index >= 15 is 0 Å². The Kier molecular flexibility index (Phi) is 5.43. The number of amides is 2. The summed E-state index contributed by atoms with van der Waals surface area (Å²) in [5.41, 5.74) is 3.53. The van der Waals surface area contributed by atoms with E-state index in [1.807, 2.05) is 45.9 Å². The van der Waals surface area contributed by atoms with Crippen molar-refractivity contribution in [1.82, 2.24) is 20.0 Å². The van der Waals surface area contributed by atoms with E-state index in [9.17, 15) is 9.59 Å². The van der Waals surface area contributed by atoms with Crippen LogP contribution in [0.5, 0.6) is 5.75 Å². The molecule has 3 heterocycles. The van der Waals surface area contributed by atoms with E-state index in [0.29, 0.717) is 36.0 Å². The van der Waals surface area contributed by atoms with Crippen LogP contribution in [0.25, 0.3) is 22.0 Å². The summed E-state index contributed by atoms with van der Waals surface area (Å²) in [5, 5.41) is 8.50. The van der Waals surface area contributed by atoms with E-state index in [0.717, 1.165) is 27.6 Å². The van der Waals surface area contributed by atoms with Crippen LogP contribution >= 0.6 is 11.6 Å². The lowest BCUT2D eigenvalue weighted by Gasteiger charge is -2.40. The quantitative estimate of drug-likeness (QED) is 0.545. The molecule has 8 nitrogen and oxygen atoms in total. The fourth-order valence-corrected chi connectivity index (χ4v) is 4.95. The summed E-state index contributed by atoms with van der Waals surface area (Å²) in [6.07, 6.45) is 1.39. The first-order valence-electron chi connectivity index (χ1n) is 11.3. The summed E-state index contributed by atoms with van der Waals surface area (Å²) in [6.45, 7) is 8.90. The smallest absolute Gasteiger partial charge is 0.410 e. The molecule has 1 fully saturated rings. The van der Waals surface area contributed by atoms with Crippen LogP contribution in [-0.4, -0.2) is 69.9 Å². The van der Waals surface area contributed by atoms with E-state index in [1.54, 1.807) is 22.1 Å². The summed E-state index contributed by atoms with van der Waals surface area (Å²) in [4.78, 5) is 29.4. The number of aromatic amines is 1. The zero-order valence-corrected chi connectivity index (χ0v) is 20.4. The number of aryl methyl sites for hydroxylation is 1. The predicted molar refractivity (Wildman–Crippen MR) is 129 cm³/mol. The minimum absolute atomic E-state index is 0.145. The lowest BCUT2D eigenvalue weighted by molar-refractivity contribution is 0.000953. The Hall–Kier alpha value is -3.26. The van der Waals surface area contributed by atoms with Gasteiger partial charge in [-0.25, -0.2) is 4.79 Å². The molecule has 0 radical (unpaired) electrons. The van der Waals surface area contributed by atoms with Gasteiger partial charge in [0.15, 0.2) is 5.75 Å². The number of fused-ring (bicyclic) bond motifs is 3. The number of benzene rings is 2. The molecule has 0 saturated carbocycles. The summed E-state index contributed by atoms with van der Waals surface area (Å²) in [7, 11) is 0. The molecule has 5 rings (SSSR count). The molecular formula is C25H27ClN4O4. The van der Waals surface area contributed by atoms with Gasteiger partial charge in [-0.3, -0.25) is 9.89 Å². The third-order valence-corrected chi connectivity index (χ3v) is 6.62. The van der Waals surface area contributed by atoms with Gasteiger partial charge in [-0.2, -0.15) is 5.10 Å². The summed E-state index contributed by atoms with van der Waals surface area (Å²) < 4.78 is 11.7. The third-order valence-electron chi connectivity index (χ3n) is 6.24. The highest BCUT2D eigenvalue weighted by Crippen LogP contribution is 2.43. The van der Waals surface area contributed by atoms with Gasteiger partial charge in [0, 0.05) is 30.6 Å². The lowest BCUT2D eigenvalue weighted by atomic mass is 9.95. The largest absolute Gasteiger partial charge is 0.489 e. The number of piperazine rings is 1. The Bertz CT molecular complexity index is 1300. The second-order valence-corrected chi connectivity index (χ2v) is 10.2. The standard InChI is InChI=1S/C25H27ClN4O4/c1-14-5-8-19-18(11-27-28-19)20(14)16-6-7-17-22(21(16)26)33-13-15-12-29(9-10-30(15)23(17)31)24(32)34-25(2,3)4/h5-8,11,15H,9-10,12-13H2,1-4H3,(H,27,28)/t15-/m0/s1. The van der Waals surface area contributed by atoms with Crippen LogP contribution < -0.4 is 4.74 Å². The highest BCUT2D eigenvalue weighted by molar-refractivity contribution is 6.36. The zero-order valence-electron chi connectivity index (χ0n) is 19.6. The number of aromatic nitrogens is 2. The summed E-state index contributed by atoms with van der Waals surface area (Å²) >= 11 is 6.88. The second kappa shape index (κ2) is 8.20. The van der Waals surface area contributed by atoms with Crippen molar-refractivity contribution in [2.75, 3.05) is 26.2 Å². The predicted octanol–water partition coefficient (Wildman–Crippen LogP) is 4.65. The highest BCUT2D eigenvalue weighted by Gasteiger charge is 2.38. The van der Waals surface area contributed by atoms with Crippen molar-refractivity contribution >= 4 is 34.5 Å². The lowest BCUT2D eigenvalue weighted by Crippen LogP contribution is -2.58. The molecule has 2 aliphatic rings. The van der Waals surface area contributed by atoms with E-state index in [2.05, 4.69) is 10.2 Å². The third kappa shape index (κ3) is 3.86. The average molecular weight is 483 g/mol. The second-order valence-electron chi connectivity index (χ2n) is 9.78. The number of nitrogens with one attached hydrogen (secondary N) is 1. The van der Waals surface area contributed by atoms with Crippen LogP contribution in [0, 0.1) is 6.92 Å². The van der Waals surface area contributed by atoms with Crippen LogP contribution in [0.4, 0.5) is 4.79 Å². The van der Waals surface area contributed by atoms with Crippen molar-refractivity contribution < 1.29 is 19.1 Å².